The van der Waals surface area contributed by atoms with Gasteiger partial charge < -0.3 is 10.6 Å². The Morgan fingerprint density at radius 2 is 2.33 bits per heavy atom. The number of aryl methyl sites for hydroxylation is 1. The fourth-order valence-corrected chi connectivity index (χ4v) is 2.15. The molecule has 0 aliphatic carbocycles. The van der Waals surface area contributed by atoms with E-state index in [1.54, 1.807) is 6.20 Å². The average molecular weight is 250 g/mol. The highest BCUT2D eigenvalue weighted by Gasteiger charge is 2.14. The van der Waals surface area contributed by atoms with Gasteiger partial charge in [-0.15, -0.1) is 5.10 Å². The van der Waals surface area contributed by atoms with Crippen LogP contribution in [0.4, 0.5) is 0 Å². The van der Waals surface area contributed by atoms with Gasteiger partial charge in [0.2, 0.25) is 5.91 Å². The first-order valence-corrected chi connectivity index (χ1v) is 6.46. The molecule has 1 saturated heterocycles. The smallest absolute Gasteiger partial charge is 0.220 e. The molecular formula is C12H20N5O. The lowest BCUT2D eigenvalue weighted by Crippen LogP contribution is -2.42. The van der Waals surface area contributed by atoms with Crippen LogP contribution in [0.3, 0.4) is 0 Å². The molecule has 0 unspecified atom stereocenters. The second-order valence-corrected chi connectivity index (χ2v) is 4.69. The predicted molar refractivity (Wildman–Crippen MR) is 67.7 cm³/mol. The second kappa shape index (κ2) is 6.49. The van der Waals surface area contributed by atoms with Crippen LogP contribution in [0.1, 0.15) is 31.4 Å². The quantitative estimate of drug-likeness (QED) is 0.778. The van der Waals surface area contributed by atoms with E-state index in [0.29, 0.717) is 12.5 Å². The number of rotatable bonds is 5. The van der Waals surface area contributed by atoms with Gasteiger partial charge in [-0.3, -0.25) is 9.48 Å². The summed E-state index contributed by atoms with van der Waals surface area (Å²) in [5.41, 5.74) is 0.889. The molecule has 1 amide bonds. The van der Waals surface area contributed by atoms with Crippen molar-refractivity contribution in [3.05, 3.63) is 18.9 Å². The highest BCUT2D eigenvalue weighted by Crippen LogP contribution is 2.04. The number of nitrogens with one attached hydrogen (secondary N) is 2. The zero-order valence-electron chi connectivity index (χ0n) is 10.6. The van der Waals surface area contributed by atoms with Gasteiger partial charge in [0.25, 0.3) is 0 Å². The van der Waals surface area contributed by atoms with E-state index in [2.05, 4.69) is 28.0 Å². The number of carbonyl (C=O) groups is 1. The molecule has 1 aliphatic rings. The molecule has 1 aromatic heterocycles. The Balaban J connectivity index is 1.62. The van der Waals surface area contributed by atoms with Crippen LogP contribution in [-0.4, -0.2) is 40.0 Å². The number of aromatic nitrogens is 3. The number of piperidine rings is 1. The van der Waals surface area contributed by atoms with Crippen molar-refractivity contribution in [2.24, 2.45) is 0 Å². The summed E-state index contributed by atoms with van der Waals surface area (Å²) in [7, 11) is 3.62. The highest BCUT2D eigenvalue weighted by atomic mass is 16.1. The van der Waals surface area contributed by atoms with Gasteiger partial charge in [0.1, 0.15) is 0 Å². The lowest BCUT2D eigenvalue weighted by molar-refractivity contribution is -0.122. The summed E-state index contributed by atoms with van der Waals surface area (Å²) in [6.45, 7) is 2.00. The standard InChI is InChI=1S/C12H20N5O/c1-17-9-11(15-16-17)3-2-4-12(18)14-10-5-7-13-8-6-10/h9-10,13H,1-8H2,(H,14,18). The normalized spacial score (nSPS) is 16.7. The van der Waals surface area contributed by atoms with E-state index in [4.69, 9.17) is 0 Å². The van der Waals surface area contributed by atoms with E-state index in [1.807, 2.05) is 0 Å². The molecular weight excluding hydrogens is 230 g/mol. The van der Waals surface area contributed by atoms with Gasteiger partial charge in [-0.1, -0.05) is 5.21 Å². The number of nitrogens with zero attached hydrogens (tertiary/aromatic N) is 3. The summed E-state index contributed by atoms with van der Waals surface area (Å²) in [5, 5.41) is 14.1. The maximum absolute atomic E-state index is 11.7. The molecule has 1 radical (unpaired) electrons. The Kier molecular flexibility index (Phi) is 4.69. The number of hydrogen-bond donors (Lipinski definition) is 2. The molecule has 0 saturated carbocycles. The van der Waals surface area contributed by atoms with Gasteiger partial charge in [-0.25, -0.2) is 0 Å². The monoisotopic (exact) mass is 250 g/mol. The van der Waals surface area contributed by atoms with Gasteiger partial charge in [0.15, 0.2) is 0 Å². The van der Waals surface area contributed by atoms with Crippen LogP contribution in [0.15, 0.2) is 6.20 Å². The first-order valence-electron chi connectivity index (χ1n) is 6.46. The first-order chi connectivity index (χ1) is 8.74. The maximum atomic E-state index is 11.7. The minimum atomic E-state index is 0.143. The Bertz CT molecular complexity index is 384. The molecule has 6 heteroatoms. The Morgan fingerprint density at radius 3 is 3.00 bits per heavy atom. The van der Waals surface area contributed by atoms with Crippen LogP contribution in [0.2, 0.25) is 0 Å². The number of hydrogen-bond acceptors (Lipinski definition) is 4. The molecule has 18 heavy (non-hydrogen) atoms. The molecule has 99 valence electrons. The van der Waals surface area contributed by atoms with Gasteiger partial charge in [-0.05, 0) is 38.8 Å². The van der Waals surface area contributed by atoms with Crippen LogP contribution >= 0.6 is 0 Å². The lowest BCUT2D eigenvalue weighted by Gasteiger charge is -2.23. The number of amides is 1. The molecule has 2 N–H and O–H groups in total. The maximum Gasteiger partial charge on any atom is 0.220 e. The molecule has 2 heterocycles. The summed E-state index contributed by atoms with van der Waals surface area (Å²) in [6.07, 6.45) is 5.96. The average Bonchev–Trinajstić information content (AvgIpc) is 2.76. The molecule has 2 rings (SSSR count). The summed E-state index contributed by atoms with van der Waals surface area (Å²) in [4.78, 5) is 11.7. The van der Waals surface area contributed by atoms with E-state index >= 15 is 0 Å². The molecule has 1 fully saturated rings. The van der Waals surface area contributed by atoms with Crippen LogP contribution < -0.4 is 10.6 Å². The van der Waals surface area contributed by atoms with E-state index in [1.165, 1.54) is 4.68 Å². The summed E-state index contributed by atoms with van der Waals surface area (Å²) >= 11 is 0. The molecule has 1 aliphatic heterocycles. The van der Waals surface area contributed by atoms with Crippen molar-refractivity contribution < 1.29 is 4.79 Å². The third-order valence-electron chi connectivity index (χ3n) is 3.13. The van der Waals surface area contributed by atoms with Crippen LogP contribution in [0.5, 0.6) is 0 Å². The predicted octanol–water partition coefficient (Wildman–Crippen LogP) is 0.109. The van der Waals surface area contributed by atoms with Gasteiger partial charge in [0.05, 0.1) is 12.7 Å². The van der Waals surface area contributed by atoms with Crippen molar-refractivity contribution in [1.82, 2.24) is 25.6 Å². The van der Waals surface area contributed by atoms with E-state index in [0.717, 1.165) is 44.5 Å². The highest BCUT2D eigenvalue weighted by molar-refractivity contribution is 5.76. The summed E-state index contributed by atoms with van der Waals surface area (Å²) < 4.78 is 1.43. The van der Waals surface area contributed by atoms with Crippen molar-refractivity contribution in [2.75, 3.05) is 13.1 Å². The van der Waals surface area contributed by atoms with Crippen LogP contribution in [-0.2, 0) is 11.2 Å². The molecule has 0 atom stereocenters. The van der Waals surface area contributed by atoms with Crippen LogP contribution in [0.25, 0.3) is 0 Å². The SMILES string of the molecule is [CH2]n1cc(CCCC(=O)NC2CCNCC2)nn1. The Labute approximate surface area is 107 Å². The third kappa shape index (κ3) is 4.10. The molecule has 1 aromatic rings. The largest absolute Gasteiger partial charge is 0.353 e. The fraction of sp³-hybridized carbons (Fsp3) is 0.667. The second-order valence-electron chi connectivity index (χ2n) is 4.69. The van der Waals surface area contributed by atoms with Gasteiger partial charge >= 0.3 is 0 Å². The van der Waals surface area contributed by atoms with E-state index in [-0.39, 0.29) is 5.91 Å². The fourth-order valence-electron chi connectivity index (χ4n) is 2.15. The zero-order chi connectivity index (χ0) is 12.8. The van der Waals surface area contributed by atoms with Crippen molar-refractivity contribution in [3.8, 4) is 0 Å². The summed E-state index contributed by atoms with van der Waals surface area (Å²) in [6, 6.07) is 0.347. The molecule has 6 nitrogen and oxygen atoms in total. The minimum absolute atomic E-state index is 0.143. The molecule has 0 aromatic carbocycles. The van der Waals surface area contributed by atoms with Gasteiger partial charge in [-0.2, -0.15) is 0 Å². The third-order valence-corrected chi connectivity index (χ3v) is 3.13. The Morgan fingerprint density at radius 1 is 1.56 bits per heavy atom. The lowest BCUT2D eigenvalue weighted by atomic mass is 10.1. The zero-order valence-corrected chi connectivity index (χ0v) is 10.6. The first kappa shape index (κ1) is 13.0. The van der Waals surface area contributed by atoms with Crippen molar-refractivity contribution >= 4 is 5.91 Å². The molecule has 0 spiro atoms. The van der Waals surface area contributed by atoms with Crippen LogP contribution in [0, 0.1) is 7.05 Å². The van der Waals surface area contributed by atoms with Crippen molar-refractivity contribution in [2.45, 2.75) is 38.1 Å². The van der Waals surface area contributed by atoms with Gasteiger partial charge in [0, 0.05) is 18.7 Å². The van der Waals surface area contributed by atoms with Crippen molar-refractivity contribution in [1.29, 1.82) is 0 Å². The molecule has 0 bridgehead atoms. The van der Waals surface area contributed by atoms with Crippen molar-refractivity contribution in [3.63, 3.8) is 0 Å². The topological polar surface area (TPSA) is 71.8 Å². The minimum Gasteiger partial charge on any atom is -0.353 e. The van der Waals surface area contributed by atoms with E-state index < -0.39 is 0 Å². The Hall–Kier alpha value is -1.43. The van der Waals surface area contributed by atoms with E-state index in [9.17, 15) is 4.79 Å². The summed E-state index contributed by atoms with van der Waals surface area (Å²) in [5.74, 6) is 0.143. The number of carbonyl (C=O) groups excluding carboxylic acids is 1.